The second-order valence-electron chi connectivity index (χ2n) is 8.46. The molecule has 0 aliphatic carbocycles. The summed E-state index contributed by atoms with van der Waals surface area (Å²) in [5.74, 6) is -0.192. The highest BCUT2D eigenvalue weighted by Gasteiger charge is 2.39. The highest BCUT2D eigenvalue weighted by molar-refractivity contribution is 6.15. The van der Waals surface area contributed by atoms with E-state index in [0.717, 1.165) is 0 Å². The van der Waals surface area contributed by atoms with E-state index in [9.17, 15) is 22.7 Å². The van der Waals surface area contributed by atoms with Crippen LogP contribution in [0.4, 0.5) is 23.2 Å². The number of H-pyrrole nitrogens is 1. The van der Waals surface area contributed by atoms with E-state index >= 15 is 0 Å². The fraction of sp³-hybridized carbons (Fsp3) is 0.269. The van der Waals surface area contributed by atoms with Gasteiger partial charge in [0, 0.05) is 24.5 Å². The first-order valence-electron chi connectivity index (χ1n) is 11.4. The van der Waals surface area contributed by atoms with Crippen molar-refractivity contribution in [2.24, 2.45) is 0 Å². The summed E-state index contributed by atoms with van der Waals surface area (Å²) in [6, 6.07) is 8.91. The number of nitrogens with one attached hydrogen (secondary N) is 1. The molecule has 1 unspecified atom stereocenters. The zero-order valence-corrected chi connectivity index (χ0v) is 20.4. The molecule has 2 aromatic carbocycles. The molecule has 0 amide bonds. The summed E-state index contributed by atoms with van der Waals surface area (Å²) in [7, 11) is 1.80. The number of aliphatic hydroxyl groups is 1. The Bertz CT molecular complexity index is 1540. The summed E-state index contributed by atoms with van der Waals surface area (Å²) < 4.78 is 63.4. The number of aromatic amines is 1. The van der Waals surface area contributed by atoms with E-state index in [-0.39, 0.29) is 11.5 Å². The number of fused-ring (bicyclic) bond motifs is 3. The Kier molecular flexibility index (Phi) is 7.41. The van der Waals surface area contributed by atoms with Crippen LogP contribution in [0, 0.1) is 24.1 Å². The van der Waals surface area contributed by atoms with Gasteiger partial charge in [-0.2, -0.15) is 18.4 Å². The minimum Gasteiger partial charge on any atom is -0.487 e. The fourth-order valence-electron chi connectivity index (χ4n) is 4.02. The van der Waals surface area contributed by atoms with Crippen molar-refractivity contribution in [1.29, 1.82) is 5.26 Å². The molecule has 2 aromatic heterocycles. The first-order valence-corrected chi connectivity index (χ1v) is 11.4. The maximum atomic E-state index is 14.7. The Morgan fingerprint density at radius 3 is 2.66 bits per heavy atom. The van der Waals surface area contributed by atoms with E-state index in [1.54, 1.807) is 32.2 Å². The van der Waals surface area contributed by atoms with Gasteiger partial charge in [-0.05, 0) is 37.3 Å². The van der Waals surface area contributed by atoms with Crippen LogP contribution in [0.2, 0.25) is 0 Å². The lowest BCUT2D eigenvalue weighted by Crippen LogP contribution is -2.34. The van der Waals surface area contributed by atoms with Gasteiger partial charge in [0.2, 0.25) is 0 Å². The Morgan fingerprint density at radius 1 is 1.21 bits per heavy atom. The Balaban J connectivity index is 1.87. The highest BCUT2D eigenvalue weighted by atomic mass is 19.4. The number of hydrogen-bond donors (Lipinski definition) is 2. The van der Waals surface area contributed by atoms with Crippen LogP contribution in [-0.2, 0) is 0 Å². The fourth-order valence-corrected chi connectivity index (χ4v) is 4.02. The molecule has 0 aliphatic rings. The Labute approximate surface area is 214 Å². The van der Waals surface area contributed by atoms with E-state index in [4.69, 9.17) is 14.7 Å². The molecule has 1 atom stereocenters. The Hall–Kier alpha value is -4.37. The molecule has 2 N–H and O–H groups in total. The number of alkyl halides is 3. The summed E-state index contributed by atoms with van der Waals surface area (Å²) in [5.41, 5.74) is 2.55. The average Bonchev–Trinajstić information content (AvgIpc) is 3.22. The van der Waals surface area contributed by atoms with Gasteiger partial charge in [0.1, 0.15) is 30.0 Å². The second kappa shape index (κ2) is 10.5. The molecule has 198 valence electrons. The molecule has 0 spiro atoms. The highest BCUT2D eigenvalue weighted by Crippen LogP contribution is 2.39. The van der Waals surface area contributed by atoms with E-state index in [2.05, 4.69) is 21.5 Å². The van der Waals surface area contributed by atoms with Gasteiger partial charge in [-0.25, -0.2) is 14.4 Å². The molecule has 8 nitrogen and oxygen atoms in total. The predicted octanol–water partition coefficient (Wildman–Crippen LogP) is 5.05. The van der Waals surface area contributed by atoms with Crippen molar-refractivity contribution >= 4 is 27.6 Å². The van der Waals surface area contributed by atoms with Crippen molar-refractivity contribution in [3.63, 3.8) is 0 Å². The maximum Gasteiger partial charge on any atom is 0.417 e. The lowest BCUT2D eigenvalue weighted by atomic mass is 10.0. The number of aryl methyl sites for hydroxylation is 1. The first kappa shape index (κ1) is 26.7. The summed E-state index contributed by atoms with van der Waals surface area (Å²) in [6.07, 6.45) is -5.87. The molecular weight excluding hydrogens is 506 g/mol. The second-order valence-corrected chi connectivity index (χ2v) is 8.46. The summed E-state index contributed by atoms with van der Waals surface area (Å²) >= 11 is 0. The molecule has 0 fully saturated rings. The number of rotatable bonds is 9. The van der Waals surface area contributed by atoms with E-state index in [1.165, 1.54) is 24.3 Å². The lowest BCUT2D eigenvalue weighted by Gasteiger charge is -2.18. The quantitative estimate of drug-likeness (QED) is 0.231. The maximum absolute atomic E-state index is 14.7. The zero-order valence-electron chi connectivity index (χ0n) is 20.4. The molecule has 0 radical (unpaired) electrons. The summed E-state index contributed by atoms with van der Waals surface area (Å²) in [6.45, 7) is 4.41. The molecule has 4 aromatic rings. The first-order chi connectivity index (χ1) is 18.0. The SMILES string of the molecule is C=CCN(C)c1cc(F)cc2c1[nH]c1nc(C)nc(-c3ccc(OCC(O)C(F)(F)F)c(OCC#N)c3)c12. The van der Waals surface area contributed by atoms with Gasteiger partial charge in [-0.3, -0.25) is 0 Å². The molecule has 4 rings (SSSR count). The largest absolute Gasteiger partial charge is 0.487 e. The molecule has 12 heteroatoms. The van der Waals surface area contributed by atoms with Crippen LogP contribution in [0.1, 0.15) is 5.82 Å². The van der Waals surface area contributed by atoms with Gasteiger partial charge < -0.3 is 24.5 Å². The van der Waals surface area contributed by atoms with Gasteiger partial charge in [0.05, 0.1) is 22.3 Å². The Morgan fingerprint density at radius 2 is 1.97 bits per heavy atom. The number of halogens is 4. The number of aliphatic hydroxyl groups excluding tert-OH is 1. The number of hydrogen-bond acceptors (Lipinski definition) is 7. The molecule has 0 bridgehead atoms. The predicted molar refractivity (Wildman–Crippen MR) is 134 cm³/mol. The van der Waals surface area contributed by atoms with Crippen LogP contribution in [0.15, 0.2) is 43.0 Å². The summed E-state index contributed by atoms with van der Waals surface area (Å²) in [4.78, 5) is 14.1. The molecular formula is C26H23F4N5O3. The number of ether oxygens (including phenoxy) is 2. The van der Waals surface area contributed by atoms with Crippen molar-refractivity contribution in [2.75, 3.05) is 31.7 Å². The van der Waals surface area contributed by atoms with Gasteiger partial charge in [-0.1, -0.05) is 6.08 Å². The van der Waals surface area contributed by atoms with Crippen molar-refractivity contribution in [1.82, 2.24) is 15.0 Å². The number of likely N-dealkylation sites (N-methyl/N-ethyl adjacent to an activating group) is 1. The van der Waals surface area contributed by atoms with Gasteiger partial charge in [0.15, 0.2) is 24.2 Å². The van der Waals surface area contributed by atoms with Crippen LogP contribution in [-0.4, -0.2) is 59.1 Å². The van der Waals surface area contributed by atoms with Crippen LogP contribution >= 0.6 is 0 Å². The van der Waals surface area contributed by atoms with Gasteiger partial charge >= 0.3 is 6.18 Å². The van der Waals surface area contributed by atoms with E-state index in [0.29, 0.717) is 51.3 Å². The number of aromatic nitrogens is 3. The monoisotopic (exact) mass is 529 g/mol. The average molecular weight is 529 g/mol. The standard InChI is InChI=1S/C26H23F4N5O3/c1-4-8-35(3)18-12-16(27)11-17-22-23(32-14(2)33-25(22)34-24(17)18)15-5-6-19(20(10-15)37-9-7-31)38-13-21(36)26(28,29)30/h4-6,10-12,21,36H,1,8-9,13H2,2-3H3,(H,32,33,34). The van der Waals surface area contributed by atoms with Crippen molar-refractivity contribution in [3.8, 4) is 28.8 Å². The van der Waals surface area contributed by atoms with E-state index in [1.807, 2.05) is 4.90 Å². The van der Waals surface area contributed by atoms with E-state index < -0.39 is 31.3 Å². The van der Waals surface area contributed by atoms with Crippen molar-refractivity contribution in [3.05, 3.63) is 54.6 Å². The van der Waals surface area contributed by atoms with Crippen LogP contribution in [0.25, 0.3) is 33.2 Å². The van der Waals surface area contributed by atoms with Crippen LogP contribution < -0.4 is 14.4 Å². The van der Waals surface area contributed by atoms with Crippen molar-refractivity contribution < 1.29 is 32.1 Å². The van der Waals surface area contributed by atoms with Crippen LogP contribution in [0.3, 0.4) is 0 Å². The smallest absolute Gasteiger partial charge is 0.417 e. The minimum atomic E-state index is -4.86. The molecule has 38 heavy (non-hydrogen) atoms. The van der Waals surface area contributed by atoms with Crippen molar-refractivity contribution in [2.45, 2.75) is 19.2 Å². The molecule has 0 saturated carbocycles. The summed E-state index contributed by atoms with van der Waals surface area (Å²) in [5, 5.41) is 19.3. The van der Waals surface area contributed by atoms with Gasteiger partial charge in [0.25, 0.3) is 0 Å². The molecule has 2 heterocycles. The third-order valence-corrected chi connectivity index (χ3v) is 5.71. The third-order valence-electron chi connectivity index (χ3n) is 5.71. The number of nitriles is 1. The lowest BCUT2D eigenvalue weighted by molar-refractivity contribution is -0.210. The number of nitrogens with zero attached hydrogens (tertiary/aromatic N) is 4. The number of anilines is 1. The molecule has 0 aliphatic heterocycles. The van der Waals surface area contributed by atoms with Crippen LogP contribution in [0.5, 0.6) is 11.5 Å². The third kappa shape index (κ3) is 5.33. The minimum absolute atomic E-state index is 0.0275. The molecule has 0 saturated heterocycles. The number of benzene rings is 2. The van der Waals surface area contributed by atoms with Gasteiger partial charge in [-0.15, -0.1) is 6.58 Å². The zero-order chi connectivity index (χ0) is 27.6. The topological polar surface area (TPSA) is 107 Å². The normalized spacial score (nSPS) is 12.4.